The van der Waals surface area contributed by atoms with Gasteiger partial charge in [-0.15, -0.1) is 0 Å². The molecule has 98 valence electrons. The van der Waals surface area contributed by atoms with Crippen LogP contribution >= 0.6 is 0 Å². The summed E-state index contributed by atoms with van der Waals surface area (Å²) in [5, 5.41) is 10.7. The minimum absolute atomic E-state index is 0.00552. The number of ether oxygens (including phenoxy) is 1. The van der Waals surface area contributed by atoms with Crippen molar-refractivity contribution in [2.75, 3.05) is 0 Å². The SMILES string of the molecule is CC(C)CC(C)Oc1ccc([N+](=O)[O-])c(C=O)c1. The summed E-state index contributed by atoms with van der Waals surface area (Å²) in [4.78, 5) is 20.9. The van der Waals surface area contributed by atoms with E-state index in [9.17, 15) is 14.9 Å². The molecule has 0 amide bonds. The Labute approximate surface area is 106 Å². The van der Waals surface area contributed by atoms with Gasteiger partial charge in [-0.25, -0.2) is 0 Å². The fourth-order valence-corrected chi connectivity index (χ4v) is 1.81. The Bertz CT molecular complexity index is 443. The number of nitro benzene ring substituents is 1. The summed E-state index contributed by atoms with van der Waals surface area (Å²) in [6.07, 6.45) is 1.36. The van der Waals surface area contributed by atoms with Crippen molar-refractivity contribution in [3.8, 4) is 5.75 Å². The molecule has 1 unspecified atom stereocenters. The second kappa shape index (κ2) is 6.14. The fourth-order valence-electron chi connectivity index (χ4n) is 1.81. The lowest BCUT2D eigenvalue weighted by molar-refractivity contribution is -0.385. The van der Waals surface area contributed by atoms with Crippen LogP contribution in [0, 0.1) is 16.0 Å². The van der Waals surface area contributed by atoms with Crippen molar-refractivity contribution in [1.82, 2.24) is 0 Å². The van der Waals surface area contributed by atoms with Gasteiger partial charge in [0.2, 0.25) is 0 Å². The van der Waals surface area contributed by atoms with Crippen LogP contribution < -0.4 is 4.74 Å². The van der Waals surface area contributed by atoms with Gasteiger partial charge in [0.05, 0.1) is 16.6 Å². The van der Waals surface area contributed by atoms with Crippen LogP contribution in [0.2, 0.25) is 0 Å². The average molecular weight is 251 g/mol. The van der Waals surface area contributed by atoms with Gasteiger partial charge in [0.15, 0.2) is 6.29 Å². The number of hydrogen-bond acceptors (Lipinski definition) is 4. The Morgan fingerprint density at radius 2 is 2.06 bits per heavy atom. The Kier molecular flexibility index (Phi) is 4.83. The topological polar surface area (TPSA) is 69.4 Å². The smallest absolute Gasteiger partial charge is 0.280 e. The Morgan fingerprint density at radius 1 is 1.39 bits per heavy atom. The molecule has 0 N–H and O–H groups in total. The summed E-state index contributed by atoms with van der Waals surface area (Å²) < 4.78 is 5.62. The van der Waals surface area contributed by atoms with E-state index >= 15 is 0 Å². The molecule has 5 nitrogen and oxygen atoms in total. The second-order valence-corrected chi connectivity index (χ2v) is 4.65. The van der Waals surface area contributed by atoms with Gasteiger partial charge in [0.1, 0.15) is 5.75 Å². The summed E-state index contributed by atoms with van der Waals surface area (Å²) in [7, 11) is 0. The summed E-state index contributed by atoms with van der Waals surface area (Å²) in [6, 6.07) is 4.21. The van der Waals surface area contributed by atoms with Crippen molar-refractivity contribution in [2.24, 2.45) is 5.92 Å². The van der Waals surface area contributed by atoms with Gasteiger partial charge in [0.25, 0.3) is 5.69 Å². The van der Waals surface area contributed by atoms with Crippen molar-refractivity contribution >= 4 is 12.0 Å². The van der Waals surface area contributed by atoms with Crippen molar-refractivity contribution in [3.63, 3.8) is 0 Å². The van der Waals surface area contributed by atoms with E-state index in [1.165, 1.54) is 18.2 Å². The molecule has 0 aliphatic rings. The van der Waals surface area contributed by atoms with E-state index in [0.717, 1.165) is 6.42 Å². The van der Waals surface area contributed by atoms with Crippen molar-refractivity contribution < 1.29 is 14.5 Å². The highest BCUT2D eigenvalue weighted by atomic mass is 16.6. The predicted octanol–water partition coefficient (Wildman–Crippen LogP) is 3.22. The Balaban J connectivity index is 2.86. The molecule has 0 saturated heterocycles. The molecule has 0 aromatic heterocycles. The maximum Gasteiger partial charge on any atom is 0.280 e. The molecular formula is C13H17NO4. The molecule has 1 aromatic rings. The van der Waals surface area contributed by atoms with Crippen LogP contribution in [0.15, 0.2) is 18.2 Å². The Hall–Kier alpha value is -1.91. The lowest BCUT2D eigenvalue weighted by atomic mass is 10.1. The molecule has 0 aliphatic heterocycles. The lowest BCUT2D eigenvalue weighted by Crippen LogP contribution is -2.14. The highest BCUT2D eigenvalue weighted by molar-refractivity contribution is 5.82. The molecule has 0 saturated carbocycles. The molecule has 0 fully saturated rings. The third kappa shape index (κ3) is 3.84. The van der Waals surface area contributed by atoms with E-state index in [1.54, 1.807) is 0 Å². The maximum absolute atomic E-state index is 10.8. The summed E-state index contributed by atoms with van der Waals surface area (Å²) in [6.45, 7) is 6.11. The van der Waals surface area contributed by atoms with Crippen molar-refractivity contribution in [3.05, 3.63) is 33.9 Å². The standard InChI is InChI=1S/C13H17NO4/c1-9(2)6-10(3)18-12-4-5-13(14(16)17)11(7-12)8-15/h4-5,7-10H,6H2,1-3H3. The molecule has 1 rings (SSSR count). The first kappa shape index (κ1) is 14.2. The molecule has 0 spiro atoms. The van der Waals surface area contributed by atoms with Crippen LogP contribution in [0.5, 0.6) is 5.75 Å². The van der Waals surface area contributed by atoms with Crippen LogP contribution in [-0.4, -0.2) is 17.3 Å². The highest BCUT2D eigenvalue weighted by Crippen LogP contribution is 2.24. The number of nitro groups is 1. The number of benzene rings is 1. The van der Waals surface area contributed by atoms with E-state index in [4.69, 9.17) is 4.74 Å². The highest BCUT2D eigenvalue weighted by Gasteiger charge is 2.15. The summed E-state index contributed by atoms with van der Waals surface area (Å²) in [5.74, 6) is 0.986. The van der Waals surface area contributed by atoms with E-state index in [0.29, 0.717) is 18.0 Å². The van der Waals surface area contributed by atoms with E-state index in [1.807, 2.05) is 6.92 Å². The zero-order chi connectivity index (χ0) is 13.7. The second-order valence-electron chi connectivity index (χ2n) is 4.65. The summed E-state index contributed by atoms with van der Waals surface area (Å²) in [5.41, 5.74) is -0.164. The molecular weight excluding hydrogens is 234 g/mol. The third-order valence-electron chi connectivity index (χ3n) is 2.46. The van der Waals surface area contributed by atoms with Gasteiger partial charge in [-0.1, -0.05) is 13.8 Å². The summed E-state index contributed by atoms with van der Waals surface area (Å²) >= 11 is 0. The first-order valence-electron chi connectivity index (χ1n) is 5.84. The number of aldehydes is 1. The largest absolute Gasteiger partial charge is 0.491 e. The Morgan fingerprint density at radius 3 is 2.56 bits per heavy atom. The van der Waals surface area contributed by atoms with Gasteiger partial charge in [-0.3, -0.25) is 14.9 Å². The van der Waals surface area contributed by atoms with Crippen molar-refractivity contribution in [2.45, 2.75) is 33.3 Å². The minimum atomic E-state index is -0.578. The average Bonchev–Trinajstić information content (AvgIpc) is 2.27. The lowest BCUT2D eigenvalue weighted by Gasteiger charge is -2.16. The first-order valence-corrected chi connectivity index (χ1v) is 5.84. The molecule has 0 aliphatic carbocycles. The molecule has 0 bridgehead atoms. The number of rotatable bonds is 6. The van der Waals surface area contributed by atoms with Gasteiger partial charge < -0.3 is 4.74 Å². The third-order valence-corrected chi connectivity index (χ3v) is 2.46. The first-order chi connectivity index (χ1) is 8.43. The maximum atomic E-state index is 10.8. The predicted molar refractivity (Wildman–Crippen MR) is 68.0 cm³/mol. The molecule has 1 aromatic carbocycles. The van der Waals surface area contributed by atoms with E-state index < -0.39 is 4.92 Å². The monoisotopic (exact) mass is 251 g/mol. The number of carbonyl (C=O) groups is 1. The zero-order valence-corrected chi connectivity index (χ0v) is 10.8. The van der Waals surface area contributed by atoms with Crippen LogP contribution in [-0.2, 0) is 0 Å². The van der Waals surface area contributed by atoms with E-state index in [2.05, 4.69) is 13.8 Å². The minimum Gasteiger partial charge on any atom is -0.491 e. The van der Waals surface area contributed by atoms with Gasteiger partial charge >= 0.3 is 0 Å². The molecule has 18 heavy (non-hydrogen) atoms. The van der Waals surface area contributed by atoms with Crippen LogP contribution in [0.4, 0.5) is 5.69 Å². The number of hydrogen-bond donors (Lipinski definition) is 0. The van der Waals surface area contributed by atoms with Crippen LogP contribution in [0.1, 0.15) is 37.6 Å². The number of carbonyl (C=O) groups excluding carboxylic acids is 1. The fraction of sp³-hybridized carbons (Fsp3) is 0.462. The molecule has 1 atom stereocenters. The van der Waals surface area contributed by atoms with Gasteiger partial charge in [-0.2, -0.15) is 0 Å². The normalized spacial score (nSPS) is 12.2. The van der Waals surface area contributed by atoms with Gasteiger partial charge in [0, 0.05) is 6.07 Å². The van der Waals surface area contributed by atoms with Crippen molar-refractivity contribution in [1.29, 1.82) is 0 Å². The zero-order valence-electron chi connectivity index (χ0n) is 10.8. The molecule has 0 heterocycles. The quantitative estimate of drug-likeness (QED) is 0.442. The molecule has 0 radical (unpaired) electrons. The van der Waals surface area contributed by atoms with Gasteiger partial charge in [-0.05, 0) is 31.4 Å². The van der Waals surface area contributed by atoms with E-state index in [-0.39, 0.29) is 17.4 Å². The van der Waals surface area contributed by atoms with Crippen LogP contribution in [0.3, 0.4) is 0 Å². The van der Waals surface area contributed by atoms with Crippen LogP contribution in [0.25, 0.3) is 0 Å². The number of nitrogens with zero attached hydrogens (tertiary/aromatic N) is 1. The molecule has 5 heteroatoms.